The Morgan fingerprint density at radius 3 is 2.22 bits per heavy atom. The highest BCUT2D eigenvalue weighted by Crippen LogP contribution is 2.77. The number of esters is 2. The molecule has 9 atom stereocenters. The zero-order chi connectivity index (χ0) is 43.0. The molecule has 6 rings (SSSR count). The van der Waals surface area contributed by atoms with E-state index in [1.165, 1.54) is 5.57 Å². The number of carbonyl (C=O) groups is 4. The van der Waals surface area contributed by atoms with Crippen molar-refractivity contribution >= 4 is 35.2 Å². The molecule has 8 heteroatoms. The summed E-state index contributed by atoms with van der Waals surface area (Å²) in [5.74, 6) is 0.620. The third-order valence-corrected chi connectivity index (χ3v) is 16.7. The fourth-order valence-electron chi connectivity index (χ4n) is 13.4. The maximum atomic E-state index is 14.1. The molecule has 1 N–H and O–H groups in total. The number of ketones is 1. The van der Waals surface area contributed by atoms with Crippen molar-refractivity contribution in [3.05, 3.63) is 58.1 Å². The van der Waals surface area contributed by atoms with Crippen LogP contribution in [0.25, 0.3) is 0 Å². The van der Waals surface area contributed by atoms with Gasteiger partial charge in [0.2, 0.25) is 5.91 Å². The summed E-state index contributed by atoms with van der Waals surface area (Å²) in [5.41, 5.74) is 1.10. The van der Waals surface area contributed by atoms with Crippen LogP contribution < -0.4 is 5.32 Å². The van der Waals surface area contributed by atoms with Crippen molar-refractivity contribution in [2.24, 2.45) is 56.2 Å². The van der Waals surface area contributed by atoms with E-state index in [4.69, 9.17) is 21.1 Å². The van der Waals surface area contributed by atoms with Crippen molar-refractivity contribution in [3.63, 3.8) is 0 Å². The van der Waals surface area contributed by atoms with Crippen LogP contribution in [0.15, 0.2) is 47.6 Å². The first-order valence-corrected chi connectivity index (χ1v) is 22.5. The van der Waals surface area contributed by atoms with E-state index in [1.807, 2.05) is 52.0 Å². The van der Waals surface area contributed by atoms with E-state index in [0.29, 0.717) is 23.3 Å². The Bertz CT molecular complexity index is 1880. The standard InChI is InChI=1S/C50H72ClNO6/c1-30(2)41-35(53)28-50(24-21-39(54)52-31(3)32-15-14-16-33(51)27-32)26-25-48(12)34(42(41)50)17-18-37-47(11)22-20-38(46(9,10)36(47)19-23-49(37,48)13)57-40(55)29-45(7,8)43(56)58-44(4,5)6/h14-16,21,24,27,30-31,34,36-38H,17-20,22-23,25-26,28-29H2,1-13H3,(H,52,54)/t31-,34+,36-,37+,38-,47-,48+,49+,50-/m0/s1. The number of allylic oxidation sites excluding steroid dienone is 3. The second-order valence-electron chi connectivity index (χ2n) is 22.4. The highest BCUT2D eigenvalue weighted by Gasteiger charge is 2.70. The van der Waals surface area contributed by atoms with Crippen molar-refractivity contribution in [3.8, 4) is 0 Å². The Kier molecular flexibility index (Phi) is 11.7. The van der Waals surface area contributed by atoms with E-state index in [1.54, 1.807) is 19.9 Å². The number of hydrogen-bond acceptors (Lipinski definition) is 6. The second kappa shape index (κ2) is 15.2. The number of hydrogen-bond donors (Lipinski definition) is 1. The molecule has 0 aromatic heterocycles. The van der Waals surface area contributed by atoms with Gasteiger partial charge in [0.05, 0.1) is 17.9 Å². The number of carbonyl (C=O) groups excluding carboxylic acids is 4. The molecule has 7 nitrogen and oxygen atoms in total. The molecule has 0 radical (unpaired) electrons. The van der Waals surface area contributed by atoms with Crippen molar-refractivity contribution in [2.45, 2.75) is 172 Å². The Hall–Kier alpha value is -2.93. The molecule has 0 aliphatic heterocycles. The summed E-state index contributed by atoms with van der Waals surface area (Å²) in [6.45, 7) is 27.6. The third-order valence-electron chi connectivity index (χ3n) is 16.5. The quantitative estimate of drug-likeness (QED) is 0.197. The van der Waals surface area contributed by atoms with Gasteiger partial charge in [-0.05, 0) is 168 Å². The summed E-state index contributed by atoms with van der Waals surface area (Å²) in [6, 6.07) is 7.37. The normalized spacial score (nSPS) is 35.1. The van der Waals surface area contributed by atoms with E-state index in [9.17, 15) is 19.2 Å². The zero-order valence-electron chi connectivity index (χ0n) is 37.8. The highest BCUT2D eigenvalue weighted by molar-refractivity contribution is 6.30. The molecular formula is C50H72ClNO6. The van der Waals surface area contributed by atoms with Crippen molar-refractivity contribution in [1.29, 1.82) is 0 Å². The minimum absolute atomic E-state index is 0.00855. The number of Topliss-reactive ketones (excluding diaryl/α,β-unsaturated/α-hetero) is 1. The monoisotopic (exact) mass is 818 g/mol. The Morgan fingerprint density at radius 2 is 1.59 bits per heavy atom. The molecule has 4 fully saturated rings. The molecular weight excluding hydrogens is 746 g/mol. The molecule has 0 unspecified atom stereocenters. The topological polar surface area (TPSA) is 98.8 Å². The van der Waals surface area contributed by atoms with Gasteiger partial charge in [-0.3, -0.25) is 19.2 Å². The Labute approximate surface area is 354 Å². The van der Waals surface area contributed by atoms with Crippen LogP contribution in [0.1, 0.15) is 166 Å². The van der Waals surface area contributed by atoms with Gasteiger partial charge >= 0.3 is 11.9 Å². The summed E-state index contributed by atoms with van der Waals surface area (Å²) in [7, 11) is 0. The van der Waals surface area contributed by atoms with Crippen LogP contribution in [-0.2, 0) is 28.7 Å². The van der Waals surface area contributed by atoms with Gasteiger partial charge in [-0.15, -0.1) is 0 Å². The van der Waals surface area contributed by atoms with Crippen LogP contribution in [0.5, 0.6) is 0 Å². The van der Waals surface area contributed by atoms with Gasteiger partial charge in [0.15, 0.2) is 5.78 Å². The predicted molar refractivity (Wildman–Crippen MR) is 231 cm³/mol. The molecule has 0 spiro atoms. The summed E-state index contributed by atoms with van der Waals surface area (Å²) in [4.78, 5) is 54.1. The molecule has 1 aromatic rings. The lowest BCUT2D eigenvalue weighted by molar-refractivity contribution is -0.232. The van der Waals surface area contributed by atoms with Gasteiger partial charge in [-0.1, -0.05) is 78.3 Å². The first-order valence-electron chi connectivity index (χ1n) is 22.2. The Morgan fingerprint density at radius 1 is 0.897 bits per heavy atom. The smallest absolute Gasteiger partial charge is 0.312 e. The average molecular weight is 819 g/mol. The largest absolute Gasteiger partial charge is 0.462 e. The minimum atomic E-state index is -0.983. The van der Waals surface area contributed by atoms with Crippen molar-refractivity contribution in [1.82, 2.24) is 5.32 Å². The fraction of sp³-hybridized carbons (Fsp3) is 0.720. The number of benzene rings is 1. The lowest BCUT2D eigenvalue weighted by Crippen LogP contribution is -2.65. The van der Waals surface area contributed by atoms with Crippen LogP contribution in [0.3, 0.4) is 0 Å². The van der Waals surface area contributed by atoms with Gasteiger partial charge < -0.3 is 14.8 Å². The minimum Gasteiger partial charge on any atom is -0.462 e. The lowest BCUT2D eigenvalue weighted by atomic mass is 9.33. The van der Waals surface area contributed by atoms with Gasteiger partial charge in [0.25, 0.3) is 0 Å². The molecule has 0 bridgehead atoms. The van der Waals surface area contributed by atoms with Crippen LogP contribution in [0, 0.1) is 56.2 Å². The first-order chi connectivity index (χ1) is 26.7. The summed E-state index contributed by atoms with van der Waals surface area (Å²) in [5, 5.41) is 3.77. The maximum absolute atomic E-state index is 14.1. The highest BCUT2D eigenvalue weighted by atomic mass is 35.5. The number of fused-ring (bicyclic) bond motifs is 7. The van der Waals surface area contributed by atoms with Crippen LogP contribution in [0.4, 0.5) is 0 Å². The maximum Gasteiger partial charge on any atom is 0.312 e. The zero-order valence-corrected chi connectivity index (χ0v) is 38.6. The number of ether oxygens (including phenoxy) is 2. The molecule has 58 heavy (non-hydrogen) atoms. The SMILES string of the molecule is CC(C)C1=C2[C@H]3CC[C@@H]4[C@@]5(C)CC[C@H](OC(=O)CC(C)(C)C(=O)OC(C)(C)C)C(C)(C)[C@@H]5CC[C@@]4(C)[C@]3(C)CC[C@@]2(C=CC(=O)N[C@@H](C)c2cccc(Cl)c2)CC1=O. The molecule has 0 saturated heterocycles. The summed E-state index contributed by atoms with van der Waals surface area (Å²) < 4.78 is 12.0. The van der Waals surface area contributed by atoms with Gasteiger partial charge in [-0.25, -0.2) is 0 Å². The second-order valence-corrected chi connectivity index (χ2v) is 22.8. The number of rotatable bonds is 9. The van der Waals surface area contributed by atoms with Crippen LogP contribution in [0.2, 0.25) is 5.02 Å². The van der Waals surface area contributed by atoms with Crippen molar-refractivity contribution in [2.75, 3.05) is 0 Å². The van der Waals surface area contributed by atoms with E-state index in [2.05, 4.69) is 59.9 Å². The van der Waals surface area contributed by atoms with Gasteiger partial charge in [-0.2, -0.15) is 0 Å². The average Bonchev–Trinajstić information content (AvgIpc) is 3.40. The van der Waals surface area contributed by atoms with Gasteiger partial charge in [0.1, 0.15) is 11.7 Å². The van der Waals surface area contributed by atoms with E-state index in [-0.39, 0.29) is 75.7 Å². The lowest BCUT2D eigenvalue weighted by Gasteiger charge is -2.72. The van der Waals surface area contributed by atoms with Crippen LogP contribution in [-0.4, -0.2) is 35.3 Å². The summed E-state index contributed by atoms with van der Waals surface area (Å²) in [6.07, 6.45) is 11.9. The molecule has 1 aromatic carbocycles. The molecule has 5 aliphatic rings. The van der Waals surface area contributed by atoms with E-state index < -0.39 is 16.4 Å². The first kappa shape index (κ1) is 44.6. The van der Waals surface area contributed by atoms with E-state index >= 15 is 0 Å². The number of amides is 1. The van der Waals surface area contributed by atoms with Crippen LogP contribution >= 0.6 is 11.6 Å². The van der Waals surface area contributed by atoms with Crippen molar-refractivity contribution < 1.29 is 28.7 Å². The van der Waals surface area contributed by atoms with E-state index in [0.717, 1.165) is 62.5 Å². The van der Waals surface area contributed by atoms with Gasteiger partial charge in [0, 0.05) is 22.3 Å². The molecule has 5 aliphatic carbocycles. The number of halogens is 1. The molecule has 0 heterocycles. The molecule has 1 amide bonds. The third kappa shape index (κ3) is 7.66. The number of nitrogens with one attached hydrogen (secondary N) is 1. The molecule has 320 valence electrons. The Balaban J connectivity index is 1.23. The summed E-state index contributed by atoms with van der Waals surface area (Å²) >= 11 is 6.24. The molecule has 4 saturated carbocycles. The fourth-order valence-corrected chi connectivity index (χ4v) is 13.6. The predicted octanol–water partition coefficient (Wildman–Crippen LogP) is 11.7.